The van der Waals surface area contributed by atoms with Crippen LogP contribution in [0.5, 0.6) is 0 Å². The van der Waals surface area contributed by atoms with Crippen LogP contribution in [0.3, 0.4) is 0 Å². The topological polar surface area (TPSA) is 50.7 Å². The molecule has 2 aromatic heterocycles. The number of aromatic nitrogens is 3. The summed E-state index contributed by atoms with van der Waals surface area (Å²) in [5.41, 5.74) is 5.33. The molecule has 2 heterocycles. The lowest BCUT2D eigenvalue weighted by atomic mass is 10.1. The van der Waals surface area contributed by atoms with Crippen molar-refractivity contribution in [2.45, 2.75) is 13.8 Å². The van der Waals surface area contributed by atoms with Crippen LogP contribution < -0.4 is 5.32 Å². The number of hydrogen-bond donors (Lipinski definition) is 1. The van der Waals surface area contributed by atoms with Gasteiger partial charge in [0.05, 0.1) is 5.69 Å². The zero-order valence-electron chi connectivity index (χ0n) is 12.0. The first-order chi connectivity index (χ1) is 10.2. The number of pyridine rings is 1. The second-order valence-corrected chi connectivity index (χ2v) is 4.94. The average molecular weight is 276 g/mol. The van der Waals surface area contributed by atoms with E-state index in [-0.39, 0.29) is 0 Å². The third-order valence-electron chi connectivity index (χ3n) is 3.26. The van der Waals surface area contributed by atoms with E-state index in [1.54, 1.807) is 18.6 Å². The second kappa shape index (κ2) is 5.71. The minimum atomic E-state index is 0.594. The van der Waals surface area contributed by atoms with Gasteiger partial charge in [-0.15, -0.1) is 0 Å². The maximum absolute atomic E-state index is 4.55. The van der Waals surface area contributed by atoms with Gasteiger partial charge >= 0.3 is 0 Å². The van der Waals surface area contributed by atoms with Crippen molar-refractivity contribution in [3.8, 4) is 11.3 Å². The van der Waals surface area contributed by atoms with Crippen molar-refractivity contribution < 1.29 is 0 Å². The summed E-state index contributed by atoms with van der Waals surface area (Å²) in [7, 11) is 0. The average Bonchev–Trinajstić information content (AvgIpc) is 2.51. The molecule has 0 saturated heterocycles. The Labute approximate surface area is 123 Å². The maximum Gasteiger partial charge on any atom is 0.227 e. The standard InChI is InChI=1S/C17H16N4/c1-12-3-4-15(13(2)11-12)20-17-19-10-7-16(21-17)14-5-8-18-9-6-14/h3-11H,1-2H3,(H,19,20,21). The van der Waals surface area contributed by atoms with Gasteiger partial charge in [-0.05, 0) is 43.7 Å². The number of anilines is 2. The molecule has 0 fully saturated rings. The van der Waals surface area contributed by atoms with Crippen LogP contribution in [0.25, 0.3) is 11.3 Å². The molecule has 0 bridgehead atoms. The van der Waals surface area contributed by atoms with Crippen molar-refractivity contribution in [2.75, 3.05) is 5.32 Å². The van der Waals surface area contributed by atoms with E-state index in [1.165, 1.54) is 11.1 Å². The van der Waals surface area contributed by atoms with Crippen LogP contribution in [-0.4, -0.2) is 15.0 Å². The fourth-order valence-electron chi connectivity index (χ4n) is 2.18. The number of hydrogen-bond acceptors (Lipinski definition) is 4. The van der Waals surface area contributed by atoms with Gasteiger partial charge in [0.2, 0.25) is 5.95 Å². The molecule has 1 N–H and O–H groups in total. The van der Waals surface area contributed by atoms with Gasteiger partial charge in [-0.2, -0.15) is 0 Å². The molecule has 21 heavy (non-hydrogen) atoms. The van der Waals surface area contributed by atoms with Crippen LogP contribution in [0.15, 0.2) is 55.0 Å². The summed E-state index contributed by atoms with van der Waals surface area (Å²) in [6.45, 7) is 4.15. The Morgan fingerprint density at radius 2 is 1.71 bits per heavy atom. The predicted octanol–water partition coefficient (Wildman–Crippen LogP) is 3.90. The molecule has 0 amide bonds. The van der Waals surface area contributed by atoms with Crippen molar-refractivity contribution in [3.63, 3.8) is 0 Å². The summed E-state index contributed by atoms with van der Waals surface area (Å²) >= 11 is 0. The van der Waals surface area contributed by atoms with E-state index in [9.17, 15) is 0 Å². The number of nitrogens with zero attached hydrogens (tertiary/aromatic N) is 3. The third kappa shape index (κ3) is 3.05. The third-order valence-corrected chi connectivity index (χ3v) is 3.26. The summed E-state index contributed by atoms with van der Waals surface area (Å²) in [6.07, 6.45) is 5.28. The second-order valence-electron chi connectivity index (χ2n) is 4.94. The summed E-state index contributed by atoms with van der Waals surface area (Å²) in [4.78, 5) is 12.9. The SMILES string of the molecule is Cc1ccc(Nc2nccc(-c3ccncc3)n2)c(C)c1. The van der Waals surface area contributed by atoms with Crippen LogP contribution in [0.4, 0.5) is 11.6 Å². The zero-order chi connectivity index (χ0) is 14.7. The molecule has 0 saturated carbocycles. The molecule has 1 aromatic carbocycles. The molecular formula is C17H16N4. The summed E-state index contributed by atoms with van der Waals surface area (Å²) in [5, 5.41) is 3.27. The van der Waals surface area contributed by atoms with Gasteiger partial charge in [0, 0.05) is 29.8 Å². The largest absolute Gasteiger partial charge is 0.324 e. The van der Waals surface area contributed by atoms with Gasteiger partial charge in [0.15, 0.2) is 0 Å². The molecule has 104 valence electrons. The van der Waals surface area contributed by atoms with E-state index < -0.39 is 0 Å². The first-order valence-corrected chi connectivity index (χ1v) is 6.80. The van der Waals surface area contributed by atoms with Crippen LogP contribution in [-0.2, 0) is 0 Å². The van der Waals surface area contributed by atoms with Gasteiger partial charge < -0.3 is 5.32 Å². The lowest BCUT2D eigenvalue weighted by Crippen LogP contribution is -1.99. The molecule has 0 unspecified atom stereocenters. The normalized spacial score (nSPS) is 10.4. The number of rotatable bonds is 3. The van der Waals surface area contributed by atoms with E-state index in [2.05, 4.69) is 46.2 Å². The first-order valence-electron chi connectivity index (χ1n) is 6.80. The quantitative estimate of drug-likeness (QED) is 0.788. The highest BCUT2D eigenvalue weighted by Gasteiger charge is 2.04. The predicted molar refractivity (Wildman–Crippen MR) is 84.5 cm³/mol. The minimum absolute atomic E-state index is 0.594. The van der Waals surface area contributed by atoms with Crippen molar-refractivity contribution in [3.05, 3.63) is 66.1 Å². The van der Waals surface area contributed by atoms with Crippen LogP contribution in [0.2, 0.25) is 0 Å². The van der Waals surface area contributed by atoms with E-state index in [0.29, 0.717) is 5.95 Å². The zero-order valence-corrected chi connectivity index (χ0v) is 12.0. The molecule has 0 atom stereocenters. The van der Waals surface area contributed by atoms with Crippen LogP contribution >= 0.6 is 0 Å². The molecule has 0 aliphatic heterocycles. The van der Waals surface area contributed by atoms with E-state index in [0.717, 1.165) is 16.9 Å². The van der Waals surface area contributed by atoms with Gasteiger partial charge in [0.25, 0.3) is 0 Å². The van der Waals surface area contributed by atoms with Crippen LogP contribution in [0, 0.1) is 13.8 Å². The van der Waals surface area contributed by atoms with Crippen LogP contribution in [0.1, 0.15) is 11.1 Å². The van der Waals surface area contributed by atoms with E-state index in [1.807, 2.05) is 24.3 Å². The van der Waals surface area contributed by atoms with Gasteiger partial charge in [-0.3, -0.25) is 4.98 Å². The Balaban J connectivity index is 1.90. The van der Waals surface area contributed by atoms with Gasteiger partial charge in [-0.25, -0.2) is 9.97 Å². The molecule has 3 aromatic rings. The molecule has 0 aliphatic carbocycles. The van der Waals surface area contributed by atoms with E-state index >= 15 is 0 Å². The molecule has 0 spiro atoms. The van der Waals surface area contributed by atoms with Crippen molar-refractivity contribution in [1.29, 1.82) is 0 Å². The fourth-order valence-corrected chi connectivity index (χ4v) is 2.18. The summed E-state index contributed by atoms with van der Waals surface area (Å²) in [6, 6.07) is 12.0. The smallest absolute Gasteiger partial charge is 0.227 e. The monoisotopic (exact) mass is 276 g/mol. The molecule has 0 radical (unpaired) electrons. The minimum Gasteiger partial charge on any atom is -0.324 e. The fraction of sp³-hybridized carbons (Fsp3) is 0.118. The Hall–Kier alpha value is -2.75. The molecule has 0 aliphatic rings. The Kier molecular flexibility index (Phi) is 3.60. The number of nitrogens with one attached hydrogen (secondary N) is 1. The molecule has 4 nitrogen and oxygen atoms in total. The summed E-state index contributed by atoms with van der Waals surface area (Å²) in [5.74, 6) is 0.594. The highest BCUT2D eigenvalue weighted by molar-refractivity contribution is 5.63. The highest BCUT2D eigenvalue weighted by Crippen LogP contribution is 2.21. The summed E-state index contributed by atoms with van der Waals surface area (Å²) < 4.78 is 0. The molecule has 3 rings (SSSR count). The van der Waals surface area contributed by atoms with Gasteiger partial charge in [0.1, 0.15) is 0 Å². The Morgan fingerprint density at radius 3 is 2.48 bits per heavy atom. The van der Waals surface area contributed by atoms with Crippen molar-refractivity contribution >= 4 is 11.6 Å². The Morgan fingerprint density at radius 1 is 0.905 bits per heavy atom. The first kappa shape index (κ1) is 13.2. The lowest BCUT2D eigenvalue weighted by Gasteiger charge is -2.09. The van der Waals surface area contributed by atoms with Crippen molar-refractivity contribution in [1.82, 2.24) is 15.0 Å². The lowest BCUT2D eigenvalue weighted by molar-refractivity contribution is 1.16. The molecular weight excluding hydrogens is 260 g/mol. The maximum atomic E-state index is 4.55. The highest BCUT2D eigenvalue weighted by atomic mass is 15.1. The molecule has 4 heteroatoms. The van der Waals surface area contributed by atoms with Gasteiger partial charge in [-0.1, -0.05) is 17.7 Å². The Bertz CT molecular complexity index is 754. The number of benzene rings is 1. The number of aryl methyl sites for hydroxylation is 2. The van der Waals surface area contributed by atoms with E-state index in [4.69, 9.17) is 0 Å². The van der Waals surface area contributed by atoms with Crippen molar-refractivity contribution in [2.24, 2.45) is 0 Å².